The van der Waals surface area contributed by atoms with Crippen molar-refractivity contribution in [2.45, 2.75) is 31.5 Å². The zero-order chi connectivity index (χ0) is 10.3. The van der Waals surface area contributed by atoms with Crippen molar-refractivity contribution in [3.8, 4) is 0 Å². The Kier molecular flexibility index (Phi) is 2.41. The number of nitrogens with zero attached hydrogens (tertiary/aromatic N) is 1. The molecule has 2 aliphatic heterocycles. The van der Waals surface area contributed by atoms with Crippen molar-refractivity contribution in [1.82, 2.24) is 0 Å². The summed E-state index contributed by atoms with van der Waals surface area (Å²) in [6.07, 6.45) is 4.29. The Morgan fingerprint density at radius 1 is 1.47 bits per heavy atom. The second-order valence-electron chi connectivity index (χ2n) is 4.71. The van der Waals surface area contributed by atoms with Crippen molar-refractivity contribution in [3.63, 3.8) is 0 Å². The molecular weight excluding hydrogens is 194 g/mol. The first-order valence-electron chi connectivity index (χ1n) is 5.71. The van der Waals surface area contributed by atoms with Crippen molar-refractivity contribution in [2.75, 3.05) is 20.3 Å². The second-order valence-corrected chi connectivity index (χ2v) is 4.71. The van der Waals surface area contributed by atoms with Crippen LogP contribution in [0.3, 0.4) is 0 Å². The van der Waals surface area contributed by atoms with Crippen LogP contribution in [-0.2, 0) is 14.3 Å². The highest BCUT2D eigenvalue weighted by Crippen LogP contribution is 2.41. The van der Waals surface area contributed by atoms with Gasteiger partial charge in [0, 0.05) is 13.0 Å². The van der Waals surface area contributed by atoms with Gasteiger partial charge < -0.3 is 14.3 Å². The van der Waals surface area contributed by atoms with Crippen molar-refractivity contribution < 1.29 is 14.3 Å². The topological polar surface area (TPSA) is 40.0 Å². The molecule has 1 saturated carbocycles. The lowest BCUT2D eigenvalue weighted by molar-refractivity contribution is -0.0223. The molecule has 3 unspecified atom stereocenters. The molecule has 3 rings (SSSR count). The molecule has 15 heavy (non-hydrogen) atoms. The maximum absolute atomic E-state index is 5.79. The third-order valence-electron chi connectivity index (χ3n) is 3.59. The molecular formula is C11H17NO3. The number of ether oxygens (including phenoxy) is 2. The minimum Gasteiger partial charge on any atom is -0.389 e. The molecule has 0 spiro atoms. The third-order valence-corrected chi connectivity index (χ3v) is 3.59. The van der Waals surface area contributed by atoms with E-state index in [1.165, 1.54) is 12.8 Å². The summed E-state index contributed by atoms with van der Waals surface area (Å²) in [6.45, 7) is 1.29. The lowest BCUT2D eigenvalue weighted by atomic mass is 9.88. The lowest BCUT2D eigenvalue weighted by Crippen LogP contribution is -2.39. The zero-order valence-corrected chi connectivity index (χ0v) is 9.02. The highest BCUT2D eigenvalue weighted by atomic mass is 16.7. The van der Waals surface area contributed by atoms with Crippen molar-refractivity contribution in [3.05, 3.63) is 0 Å². The minimum atomic E-state index is 0.121. The Labute approximate surface area is 89.6 Å². The lowest BCUT2D eigenvalue weighted by Gasteiger charge is -2.29. The van der Waals surface area contributed by atoms with Crippen LogP contribution in [0.4, 0.5) is 0 Å². The quantitative estimate of drug-likeness (QED) is 0.704. The van der Waals surface area contributed by atoms with E-state index in [1.807, 2.05) is 0 Å². The highest BCUT2D eigenvalue weighted by Gasteiger charge is 2.44. The maximum Gasteiger partial charge on any atom is 0.159 e. The minimum absolute atomic E-state index is 0.121. The van der Waals surface area contributed by atoms with Crippen LogP contribution in [0.5, 0.6) is 0 Å². The Morgan fingerprint density at radius 3 is 3.07 bits per heavy atom. The SMILES string of the molecule is COCC1ON=C2COC(C3CC3)CC21. The highest BCUT2D eigenvalue weighted by molar-refractivity contribution is 5.89. The normalized spacial score (nSPS) is 39.5. The number of hydrogen-bond acceptors (Lipinski definition) is 4. The average Bonchev–Trinajstić information content (AvgIpc) is 3.03. The number of oxime groups is 1. The molecule has 0 bridgehead atoms. The largest absolute Gasteiger partial charge is 0.389 e. The second kappa shape index (κ2) is 3.76. The van der Waals surface area contributed by atoms with Gasteiger partial charge in [0.05, 0.1) is 25.0 Å². The van der Waals surface area contributed by atoms with Gasteiger partial charge in [-0.1, -0.05) is 5.16 Å². The van der Waals surface area contributed by atoms with Gasteiger partial charge in [-0.15, -0.1) is 0 Å². The first-order chi connectivity index (χ1) is 7.38. The standard InChI is InChI=1S/C11H17NO3/c1-13-6-11-8-4-10(7-2-3-7)14-5-9(8)12-15-11/h7-8,10-11H,2-6H2,1H3. The summed E-state index contributed by atoms with van der Waals surface area (Å²) in [6, 6.07) is 0. The predicted octanol–water partition coefficient (Wildman–Crippen LogP) is 1.20. The molecule has 0 aromatic carbocycles. The van der Waals surface area contributed by atoms with Crippen LogP contribution in [0, 0.1) is 11.8 Å². The van der Waals surface area contributed by atoms with Crippen molar-refractivity contribution >= 4 is 5.71 Å². The number of hydrogen-bond donors (Lipinski definition) is 0. The van der Waals surface area contributed by atoms with Crippen LogP contribution in [-0.4, -0.2) is 38.2 Å². The predicted molar refractivity (Wildman–Crippen MR) is 54.8 cm³/mol. The summed E-state index contributed by atoms with van der Waals surface area (Å²) in [5.41, 5.74) is 1.08. The van der Waals surface area contributed by atoms with Crippen LogP contribution < -0.4 is 0 Å². The first-order valence-corrected chi connectivity index (χ1v) is 5.71. The molecule has 3 aliphatic rings. The van der Waals surface area contributed by atoms with Gasteiger partial charge in [-0.25, -0.2) is 0 Å². The summed E-state index contributed by atoms with van der Waals surface area (Å²) < 4.78 is 10.9. The monoisotopic (exact) mass is 211 g/mol. The van der Waals surface area contributed by atoms with E-state index >= 15 is 0 Å². The smallest absolute Gasteiger partial charge is 0.159 e. The molecule has 0 amide bonds. The third kappa shape index (κ3) is 1.76. The van der Waals surface area contributed by atoms with E-state index in [1.54, 1.807) is 7.11 Å². The van der Waals surface area contributed by atoms with E-state index in [2.05, 4.69) is 5.16 Å². The molecule has 0 N–H and O–H groups in total. The fourth-order valence-electron chi connectivity index (χ4n) is 2.53. The average molecular weight is 211 g/mol. The molecule has 1 saturated heterocycles. The van der Waals surface area contributed by atoms with Crippen LogP contribution >= 0.6 is 0 Å². The van der Waals surface area contributed by atoms with Gasteiger partial charge in [0.25, 0.3) is 0 Å². The Bertz CT molecular complexity index is 275. The summed E-state index contributed by atoms with van der Waals surface area (Å²) in [5.74, 6) is 1.24. The van der Waals surface area contributed by atoms with Gasteiger partial charge in [0.1, 0.15) is 0 Å². The van der Waals surface area contributed by atoms with E-state index in [4.69, 9.17) is 14.3 Å². The summed E-state index contributed by atoms with van der Waals surface area (Å²) >= 11 is 0. The molecule has 0 aromatic heterocycles. The van der Waals surface area contributed by atoms with Gasteiger partial charge in [0.15, 0.2) is 6.10 Å². The molecule has 84 valence electrons. The molecule has 3 atom stereocenters. The van der Waals surface area contributed by atoms with E-state index in [0.717, 1.165) is 18.1 Å². The molecule has 0 radical (unpaired) electrons. The summed E-state index contributed by atoms with van der Waals surface area (Å²) in [5, 5.41) is 4.08. The Balaban J connectivity index is 1.65. The van der Waals surface area contributed by atoms with Crippen molar-refractivity contribution in [2.24, 2.45) is 17.0 Å². The fourth-order valence-corrected chi connectivity index (χ4v) is 2.53. The molecule has 4 heteroatoms. The Morgan fingerprint density at radius 2 is 2.33 bits per heavy atom. The fraction of sp³-hybridized carbons (Fsp3) is 0.909. The van der Waals surface area contributed by atoms with Gasteiger partial charge in [-0.2, -0.15) is 0 Å². The van der Waals surface area contributed by atoms with Gasteiger partial charge in [-0.3, -0.25) is 0 Å². The number of methoxy groups -OCH3 is 1. The summed E-state index contributed by atoms with van der Waals surface area (Å²) in [7, 11) is 1.71. The van der Waals surface area contributed by atoms with Gasteiger partial charge in [0.2, 0.25) is 0 Å². The zero-order valence-electron chi connectivity index (χ0n) is 9.02. The molecule has 0 aromatic rings. The van der Waals surface area contributed by atoms with Crippen LogP contribution in [0.25, 0.3) is 0 Å². The maximum atomic E-state index is 5.79. The molecule has 2 heterocycles. The van der Waals surface area contributed by atoms with E-state index in [0.29, 0.717) is 25.2 Å². The summed E-state index contributed by atoms with van der Waals surface area (Å²) in [4.78, 5) is 5.37. The van der Waals surface area contributed by atoms with Crippen LogP contribution in [0.15, 0.2) is 5.16 Å². The first kappa shape index (κ1) is 9.60. The Hall–Kier alpha value is -0.610. The van der Waals surface area contributed by atoms with Crippen molar-refractivity contribution in [1.29, 1.82) is 0 Å². The number of fused-ring (bicyclic) bond motifs is 1. The van der Waals surface area contributed by atoms with E-state index in [-0.39, 0.29) is 6.10 Å². The van der Waals surface area contributed by atoms with Crippen LogP contribution in [0.1, 0.15) is 19.3 Å². The van der Waals surface area contributed by atoms with E-state index in [9.17, 15) is 0 Å². The van der Waals surface area contributed by atoms with E-state index < -0.39 is 0 Å². The number of rotatable bonds is 3. The van der Waals surface area contributed by atoms with Gasteiger partial charge in [-0.05, 0) is 25.2 Å². The molecule has 2 fully saturated rings. The molecule has 4 nitrogen and oxygen atoms in total. The molecule has 1 aliphatic carbocycles. The van der Waals surface area contributed by atoms with Crippen LogP contribution in [0.2, 0.25) is 0 Å². The van der Waals surface area contributed by atoms with Gasteiger partial charge >= 0.3 is 0 Å².